The molecule has 9 heteroatoms. The molecule has 0 aliphatic carbocycles. The van der Waals surface area contributed by atoms with Gasteiger partial charge in [0.15, 0.2) is 0 Å². The van der Waals surface area contributed by atoms with Gasteiger partial charge >= 0.3 is 7.82 Å². The Morgan fingerprint density at radius 1 is 0.430 bits per heavy atom. The van der Waals surface area contributed by atoms with E-state index in [-0.39, 0.29) is 19.1 Å². The Balaban J connectivity index is 4.04. The zero-order valence-corrected chi connectivity index (χ0v) is 53.8. The van der Waals surface area contributed by atoms with Gasteiger partial charge < -0.3 is 19.8 Å². The number of unbranched alkanes of at least 4 members (excludes halogenated alkanes) is 39. The van der Waals surface area contributed by atoms with E-state index < -0.39 is 20.0 Å². The molecule has 8 nitrogen and oxygen atoms in total. The maximum absolute atomic E-state index is 13.0. The number of carbonyl (C=O) groups excluding carboxylic acids is 1. The first-order valence-corrected chi connectivity index (χ1v) is 35.3. The van der Waals surface area contributed by atoms with Crippen molar-refractivity contribution in [1.29, 1.82) is 0 Å². The Kier molecular flexibility index (Phi) is 59.0. The van der Waals surface area contributed by atoms with Gasteiger partial charge in [-0.3, -0.25) is 13.8 Å². The molecule has 3 N–H and O–H groups in total. The number of nitrogens with one attached hydrogen (secondary N) is 1. The largest absolute Gasteiger partial charge is 0.472 e. The average Bonchev–Trinajstić information content (AvgIpc) is 3.42. The van der Waals surface area contributed by atoms with Crippen molar-refractivity contribution in [2.75, 3.05) is 40.9 Å². The lowest BCUT2D eigenvalue weighted by molar-refractivity contribution is -0.870. The van der Waals surface area contributed by atoms with E-state index >= 15 is 0 Å². The van der Waals surface area contributed by atoms with Crippen molar-refractivity contribution in [3.63, 3.8) is 0 Å². The van der Waals surface area contributed by atoms with E-state index in [0.717, 1.165) is 57.8 Å². The summed E-state index contributed by atoms with van der Waals surface area (Å²) in [5.74, 6) is -0.187. The van der Waals surface area contributed by atoms with E-state index in [1.165, 1.54) is 238 Å². The molecule has 3 atom stereocenters. The predicted octanol–water partition coefficient (Wildman–Crippen LogP) is 21.4. The summed E-state index contributed by atoms with van der Waals surface area (Å²) >= 11 is 0. The molecule has 0 spiro atoms. The molecule has 0 aromatic heterocycles. The number of phosphoric ester groups is 1. The molecule has 0 aliphatic rings. The molecule has 0 aromatic rings. The first kappa shape index (κ1) is 76.9. The fourth-order valence-electron chi connectivity index (χ4n) is 9.85. The van der Waals surface area contributed by atoms with Crippen molar-refractivity contribution in [3.05, 3.63) is 72.9 Å². The Morgan fingerprint density at radius 2 is 0.734 bits per heavy atom. The highest BCUT2D eigenvalue weighted by Gasteiger charge is 2.28. The third-order valence-electron chi connectivity index (χ3n) is 15.1. The van der Waals surface area contributed by atoms with Gasteiger partial charge in [-0.15, -0.1) is 0 Å². The molecule has 3 unspecified atom stereocenters. The zero-order chi connectivity index (χ0) is 57.7. The molecule has 0 aromatic carbocycles. The first-order chi connectivity index (χ1) is 38.5. The van der Waals surface area contributed by atoms with Gasteiger partial charge in [0.25, 0.3) is 0 Å². The van der Waals surface area contributed by atoms with Crippen LogP contribution in [-0.2, 0) is 18.4 Å². The monoisotopic (exact) mass is 1130 g/mol. The van der Waals surface area contributed by atoms with Crippen LogP contribution >= 0.6 is 7.82 Å². The summed E-state index contributed by atoms with van der Waals surface area (Å²) in [7, 11) is 1.55. The van der Waals surface area contributed by atoms with Gasteiger partial charge in [-0.05, 0) is 83.5 Å². The number of allylic oxidation sites excluding steroid dienone is 11. The van der Waals surface area contributed by atoms with E-state index in [2.05, 4.69) is 79.9 Å². The van der Waals surface area contributed by atoms with Crippen LogP contribution in [0.15, 0.2) is 72.9 Å². The van der Waals surface area contributed by atoms with E-state index in [0.29, 0.717) is 17.4 Å². The second-order valence-electron chi connectivity index (χ2n) is 24.2. The van der Waals surface area contributed by atoms with Gasteiger partial charge in [0.05, 0.1) is 39.9 Å². The summed E-state index contributed by atoms with van der Waals surface area (Å²) in [5, 5.41) is 13.9. The Morgan fingerprint density at radius 3 is 1.10 bits per heavy atom. The molecule has 0 fully saturated rings. The fourth-order valence-corrected chi connectivity index (χ4v) is 10.6. The third-order valence-corrected chi connectivity index (χ3v) is 16.1. The summed E-state index contributed by atoms with van der Waals surface area (Å²) in [6.45, 7) is 4.80. The lowest BCUT2D eigenvalue weighted by Crippen LogP contribution is -2.45. The highest BCUT2D eigenvalue weighted by atomic mass is 31.2. The molecule has 0 saturated heterocycles. The van der Waals surface area contributed by atoms with Crippen molar-refractivity contribution in [2.45, 2.75) is 328 Å². The SMILES string of the molecule is CCCCCCC/C=C\C/C=C\C/C=C\CCCCCCCCCCCCCCCCCCCCCCCCC(=O)NC(COP(=O)(O)OCC[N+](C)(C)C)C(O)/C=C/CC/C=C/CC/C=C/CCCCCCCCCCCC. The first-order valence-electron chi connectivity index (χ1n) is 33.8. The lowest BCUT2D eigenvalue weighted by Gasteiger charge is -2.25. The number of hydrogen-bond acceptors (Lipinski definition) is 5. The maximum atomic E-state index is 13.0. The van der Waals surface area contributed by atoms with Crippen LogP contribution in [-0.4, -0.2) is 73.4 Å². The molecular formula is C70H132N2O6P+. The van der Waals surface area contributed by atoms with Crippen LogP contribution in [0.3, 0.4) is 0 Å². The van der Waals surface area contributed by atoms with Gasteiger partial charge in [-0.25, -0.2) is 4.57 Å². The minimum atomic E-state index is -4.36. The molecule has 1 amide bonds. The van der Waals surface area contributed by atoms with Crippen molar-refractivity contribution in [1.82, 2.24) is 5.32 Å². The number of phosphoric acid groups is 1. The number of carbonyl (C=O) groups is 1. The second-order valence-corrected chi connectivity index (χ2v) is 25.6. The van der Waals surface area contributed by atoms with Crippen molar-refractivity contribution in [2.24, 2.45) is 0 Å². The highest BCUT2D eigenvalue weighted by molar-refractivity contribution is 7.47. The van der Waals surface area contributed by atoms with Gasteiger partial charge in [-0.2, -0.15) is 0 Å². The Hall–Kier alpha value is -2.06. The van der Waals surface area contributed by atoms with Crippen LogP contribution in [0.1, 0.15) is 316 Å². The Bertz CT molecular complexity index is 1520. The standard InChI is InChI=1S/C70H131N2O6P/c1-6-8-10-12-14-16-18-20-22-24-26-28-29-30-31-32-33-34-35-36-37-38-39-40-41-42-43-44-46-48-50-52-54-56-58-60-62-64-70(74)71-68(67-78-79(75,76)77-66-65-72(3,4)5)69(73)63-61-59-57-55-53-51-49-47-45-27-25-23-21-19-17-15-13-11-9-7-2/h18,20,24,26,29-30,45,47,53,55,61,63,68-69,73H,6-17,19,21-23,25,27-28,31-44,46,48-52,54,56-60,62,64-67H2,1-5H3,(H-,71,74,75,76)/p+1/b20-18-,26-24-,30-29-,47-45+,55-53+,63-61+. The van der Waals surface area contributed by atoms with E-state index in [9.17, 15) is 19.4 Å². The summed E-state index contributed by atoms with van der Waals surface area (Å²) in [6, 6.07) is -0.872. The van der Waals surface area contributed by atoms with E-state index in [4.69, 9.17) is 9.05 Å². The molecule has 0 aliphatic heterocycles. The Labute approximate surface area is 491 Å². The van der Waals surface area contributed by atoms with Crippen LogP contribution in [0.25, 0.3) is 0 Å². The van der Waals surface area contributed by atoms with E-state index in [1.807, 2.05) is 27.2 Å². The smallest absolute Gasteiger partial charge is 0.387 e. The van der Waals surface area contributed by atoms with Crippen LogP contribution in [0.5, 0.6) is 0 Å². The molecule has 79 heavy (non-hydrogen) atoms. The molecule has 0 bridgehead atoms. The third kappa shape index (κ3) is 63.4. The molecule has 0 radical (unpaired) electrons. The maximum Gasteiger partial charge on any atom is 0.472 e. The van der Waals surface area contributed by atoms with Gasteiger partial charge in [0.2, 0.25) is 5.91 Å². The van der Waals surface area contributed by atoms with Crippen LogP contribution in [0.4, 0.5) is 0 Å². The molecule has 0 saturated carbocycles. The second kappa shape index (κ2) is 60.5. The van der Waals surface area contributed by atoms with Crippen molar-refractivity contribution in [3.8, 4) is 0 Å². The van der Waals surface area contributed by atoms with Crippen molar-refractivity contribution < 1.29 is 32.9 Å². The number of amides is 1. The zero-order valence-electron chi connectivity index (χ0n) is 52.9. The normalized spacial score (nSPS) is 14.2. The van der Waals surface area contributed by atoms with Gasteiger partial charge in [-0.1, -0.05) is 299 Å². The number of rotatable bonds is 62. The summed E-state index contributed by atoms with van der Waals surface area (Å²) in [4.78, 5) is 23.4. The highest BCUT2D eigenvalue weighted by Crippen LogP contribution is 2.43. The van der Waals surface area contributed by atoms with Gasteiger partial charge in [0, 0.05) is 6.42 Å². The topological polar surface area (TPSA) is 105 Å². The number of quaternary nitrogens is 1. The molecular weight excluding hydrogens is 996 g/mol. The summed E-state index contributed by atoms with van der Waals surface area (Å²) in [5.41, 5.74) is 0. The average molecular weight is 1130 g/mol. The van der Waals surface area contributed by atoms with Gasteiger partial charge in [0.1, 0.15) is 13.2 Å². The van der Waals surface area contributed by atoms with E-state index in [1.54, 1.807) is 6.08 Å². The number of likely N-dealkylation sites (N-methyl/N-ethyl adjacent to an activating group) is 1. The molecule has 462 valence electrons. The minimum Gasteiger partial charge on any atom is -0.387 e. The van der Waals surface area contributed by atoms with Crippen LogP contribution < -0.4 is 5.32 Å². The molecule has 0 rings (SSSR count). The number of aliphatic hydroxyl groups excluding tert-OH is 1. The summed E-state index contributed by atoms with van der Waals surface area (Å²) in [6.07, 6.45) is 84.8. The predicted molar refractivity (Wildman–Crippen MR) is 346 cm³/mol. The molecule has 0 heterocycles. The number of aliphatic hydroxyl groups is 1. The summed E-state index contributed by atoms with van der Waals surface area (Å²) < 4.78 is 23.7. The van der Waals surface area contributed by atoms with Crippen LogP contribution in [0, 0.1) is 0 Å². The quantitative estimate of drug-likeness (QED) is 0.0243. The minimum absolute atomic E-state index is 0.0530. The van der Waals surface area contributed by atoms with Crippen molar-refractivity contribution >= 4 is 13.7 Å². The lowest BCUT2D eigenvalue weighted by atomic mass is 10.0. The van der Waals surface area contributed by atoms with Crippen LogP contribution in [0.2, 0.25) is 0 Å². The number of nitrogens with zero attached hydrogens (tertiary/aromatic N) is 1. The number of hydrogen-bond donors (Lipinski definition) is 3. The fraction of sp³-hybridized carbons (Fsp3) is 0.814.